The zero-order valence-electron chi connectivity index (χ0n) is 10.6. The van der Waals surface area contributed by atoms with E-state index in [1.54, 1.807) is 18.2 Å². The average Bonchev–Trinajstić information content (AvgIpc) is 2.39. The lowest BCUT2D eigenvalue weighted by Crippen LogP contribution is -2.55. The molecule has 0 unspecified atom stereocenters. The number of hydrogen-bond donors (Lipinski definition) is 1. The molecule has 100 valence electrons. The highest BCUT2D eigenvalue weighted by atomic mass is 19.3. The summed E-state index contributed by atoms with van der Waals surface area (Å²) in [5.41, 5.74) is 4.44. The van der Waals surface area contributed by atoms with Crippen molar-refractivity contribution in [2.45, 2.75) is 43.6 Å². The minimum absolute atomic E-state index is 0.100. The second kappa shape index (κ2) is 4.84. The fraction of sp³-hybridized carbons (Fsp3) is 0.571. The Hall–Kier alpha value is -1.16. The van der Waals surface area contributed by atoms with Crippen LogP contribution in [-0.4, -0.2) is 12.6 Å². The van der Waals surface area contributed by atoms with E-state index in [-0.39, 0.29) is 11.3 Å². The molecule has 0 bridgehead atoms. The van der Waals surface area contributed by atoms with Crippen LogP contribution >= 0.6 is 0 Å². The van der Waals surface area contributed by atoms with E-state index in [9.17, 15) is 8.78 Å². The van der Waals surface area contributed by atoms with E-state index in [1.807, 2.05) is 0 Å². The normalized spacial score (nSPS) is 19.6. The van der Waals surface area contributed by atoms with Crippen LogP contribution in [0.5, 0.6) is 5.75 Å². The van der Waals surface area contributed by atoms with Gasteiger partial charge in [0.25, 0.3) is 5.92 Å². The molecule has 4 heteroatoms. The third-order valence-corrected chi connectivity index (χ3v) is 3.82. The minimum Gasteiger partial charge on any atom is -0.496 e. The van der Waals surface area contributed by atoms with Gasteiger partial charge < -0.3 is 10.5 Å². The van der Waals surface area contributed by atoms with E-state index in [2.05, 4.69) is 0 Å². The molecular formula is C14H19F2NO. The Labute approximate surface area is 106 Å². The van der Waals surface area contributed by atoms with Crippen molar-refractivity contribution in [1.29, 1.82) is 0 Å². The molecule has 1 aromatic carbocycles. The van der Waals surface area contributed by atoms with Crippen LogP contribution < -0.4 is 10.5 Å². The summed E-state index contributed by atoms with van der Waals surface area (Å²) < 4.78 is 34.4. The quantitative estimate of drug-likeness (QED) is 0.897. The molecule has 0 radical (unpaired) electrons. The van der Waals surface area contributed by atoms with E-state index >= 15 is 0 Å². The lowest BCUT2D eigenvalue weighted by atomic mass is 9.75. The van der Waals surface area contributed by atoms with Gasteiger partial charge in [0.15, 0.2) is 0 Å². The molecule has 18 heavy (non-hydrogen) atoms. The van der Waals surface area contributed by atoms with Crippen LogP contribution in [0.25, 0.3) is 0 Å². The van der Waals surface area contributed by atoms with Gasteiger partial charge in [0, 0.05) is 0 Å². The highest BCUT2D eigenvalue weighted by molar-refractivity contribution is 5.39. The Morgan fingerprint density at radius 1 is 1.17 bits per heavy atom. The lowest BCUT2D eigenvalue weighted by Gasteiger charge is -2.40. The number of para-hydroxylation sites is 1. The molecule has 0 amide bonds. The van der Waals surface area contributed by atoms with Crippen molar-refractivity contribution < 1.29 is 13.5 Å². The summed E-state index contributed by atoms with van der Waals surface area (Å²) >= 11 is 0. The highest BCUT2D eigenvalue weighted by Crippen LogP contribution is 2.47. The maximum Gasteiger partial charge on any atom is 0.294 e. The van der Waals surface area contributed by atoms with Gasteiger partial charge in [-0.2, -0.15) is 8.78 Å². The van der Waals surface area contributed by atoms with Gasteiger partial charge in [-0.3, -0.25) is 0 Å². The molecule has 2 rings (SSSR count). The summed E-state index contributed by atoms with van der Waals surface area (Å²) in [5, 5.41) is 0. The first-order chi connectivity index (χ1) is 8.51. The van der Waals surface area contributed by atoms with E-state index < -0.39 is 11.5 Å². The number of hydrogen-bond acceptors (Lipinski definition) is 2. The largest absolute Gasteiger partial charge is 0.496 e. The lowest BCUT2D eigenvalue weighted by molar-refractivity contribution is -0.0967. The molecule has 2 nitrogen and oxygen atoms in total. The number of alkyl halides is 2. The summed E-state index contributed by atoms with van der Waals surface area (Å²) in [6.07, 6.45) is 3.24. The van der Waals surface area contributed by atoms with Crippen LogP contribution in [0.4, 0.5) is 8.78 Å². The highest BCUT2D eigenvalue weighted by Gasteiger charge is 2.53. The molecule has 0 atom stereocenters. The molecule has 1 fully saturated rings. The van der Waals surface area contributed by atoms with Crippen LogP contribution in [-0.2, 0) is 5.92 Å². The van der Waals surface area contributed by atoms with Crippen molar-refractivity contribution in [3.8, 4) is 5.75 Å². The van der Waals surface area contributed by atoms with Crippen LogP contribution in [0, 0.1) is 0 Å². The van der Waals surface area contributed by atoms with Crippen molar-refractivity contribution >= 4 is 0 Å². The molecule has 0 aliphatic heterocycles. The molecule has 0 spiro atoms. The molecule has 0 heterocycles. The zero-order chi connectivity index (χ0) is 13.2. The fourth-order valence-corrected chi connectivity index (χ4v) is 2.67. The second-order valence-corrected chi connectivity index (χ2v) is 4.99. The van der Waals surface area contributed by atoms with Crippen LogP contribution in [0.3, 0.4) is 0 Å². The summed E-state index contributed by atoms with van der Waals surface area (Å²) in [6.45, 7) is 0. The smallest absolute Gasteiger partial charge is 0.294 e. The Kier molecular flexibility index (Phi) is 3.57. The van der Waals surface area contributed by atoms with Gasteiger partial charge >= 0.3 is 0 Å². The van der Waals surface area contributed by atoms with Gasteiger partial charge in [0.2, 0.25) is 0 Å². The molecule has 1 aliphatic rings. The minimum atomic E-state index is -3.06. The van der Waals surface area contributed by atoms with Crippen molar-refractivity contribution in [3.05, 3.63) is 29.8 Å². The Bertz CT molecular complexity index is 414. The van der Waals surface area contributed by atoms with Crippen molar-refractivity contribution in [2.75, 3.05) is 7.11 Å². The van der Waals surface area contributed by atoms with Gasteiger partial charge in [-0.15, -0.1) is 0 Å². The SMILES string of the molecule is COc1ccccc1C(F)(F)C1(N)CCCCC1. The van der Waals surface area contributed by atoms with Crippen LogP contribution in [0.15, 0.2) is 24.3 Å². The van der Waals surface area contributed by atoms with Crippen LogP contribution in [0.1, 0.15) is 37.7 Å². The number of methoxy groups -OCH3 is 1. The summed E-state index contributed by atoms with van der Waals surface area (Å²) in [4.78, 5) is 0. The molecule has 0 saturated heterocycles. The van der Waals surface area contributed by atoms with Crippen molar-refractivity contribution in [1.82, 2.24) is 0 Å². The third kappa shape index (κ3) is 2.09. The zero-order valence-corrected chi connectivity index (χ0v) is 10.6. The van der Waals surface area contributed by atoms with E-state index in [0.29, 0.717) is 12.8 Å². The average molecular weight is 255 g/mol. The second-order valence-electron chi connectivity index (χ2n) is 4.99. The Morgan fingerprint density at radius 2 is 1.78 bits per heavy atom. The molecule has 2 N–H and O–H groups in total. The number of halogens is 2. The predicted octanol–water partition coefficient (Wildman–Crippen LogP) is 3.45. The van der Waals surface area contributed by atoms with E-state index in [4.69, 9.17) is 10.5 Å². The maximum absolute atomic E-state index is 14.7. The number of ether oxygens (including phenoxy) is 1. The first kappa shape index (κ1) is 13.3. The van der Waals surface area contributed by atoms with E-state index in [1.165, 1.54) is 13.2 Å². The third-order valence-electron chi connectivity index (χ3n) is 3.82. The summed E-state index contributed by atoms with van der Waals surface area (Å²) in [6, 6.07) is 6.23. The number of nitrogens with two attached hydrogens (primary N) is 1. The van der Waals surface area contributed by atoms with Crippen LogP contribution in [0.2, 0.25) is 0 Å². The van der Waals surface area contributed by atoms with Gasteiger partial charge in [-0.05, 0) is 25.0 Å². The maximum atomic E-state index is 14.7. The van der Waals surface area contributed by atoms with Crippen molar-refractivity contribution in [2.24, 2.45) is 5.73 Å². The first-order valence-corrected chi connectivity index (χ1v) is 6.31. The van der Waals surface area contributed by atoms with Gasteiger partial charge in [-0.1, -0.05) is 31.4 Å². The van der Waals surface area contributed by atoms with Gasteiger partial charge in [0.05, 0.1) is 18.2 Å². The van der Waals surface area contributed by atoms with E-state index in [0.717, 1.165) is 19.3 Å². The summed E-state index contributed by atoms with van der Waals surface area (Å²) in [5.74, 6) is -2.85. The molecule has 0 aromatic heterocycles. The number of benzene rings is 1. The summed E-state index contributed by atoms with van der Waals surface area (Å²) in [7, 11) is 1.40. The predicted molar refractivity (Wildman–Crippen MR) is 66.9 cm³/mol. The Balaban J connectivity index is 2.40. The number of rotatable bonds is 3. The van der Waals surface area contributed by atoms with Gasteiger partial charge in [-0.25, -0.2) is 0 Å². The Morgan fingerprint density at radius 3 is 2.39 bits per heavy atom. The first-order valence-electron chi connectivity index (χ1n) is 6.31. The monoisotopic (exact) mass is 255 g/mol. The molecule has 1 aliphatic carbocycles. The topological polar surface area (TPSA) is 35.2 Å². The van der Waals surface area contributed by atoms with Crippen molar-refractivity contribution in [3.63, 3.8) is 0 Å². The molecule has 1 saturated carbocycles. The molecular weight excluding hydrogens is 236 g/mol. The standard InChI is InChI=1S/C14H19F2NO/c1-18-12-8-4-3-7-11(12)14(15,16)13(17)9-5-2-6-10-13/h3-4,7-8H,2,5-6,9-10,17H2,1H3. The van der Waals surface area contributed by atoms with Gasteiger partial charge in [0.1, 0.15) is 5.75 Å². The molecule has 1 aromatic rings. The fourth-order valence-electron chi connectivity index (χ4n) is 2.67.